The molecule has 7 nitrogen and oxygen atoms in total. The second-order valence-electron chi connectivity index (χ2n) is 8.11. The Morgan fingerprint density at radius 1 is 1.03 bits per heavy atom. The molecule has 0 spiro atoms. The highest BCUT2D eigenvalue weighted by atomic mass is 127. The fraction of sp³-hybridized carbons (Fsp3) is 0.364. The number of nitrogens with zero attached hydrogens (tertiary/aromatic N) is 1. The zero-order valence-corrected chi connectivity index (χ0v) is 19.6. The highest BCUT2D eigenvalue weighted by Gasteiger charge is 2.47. The van der Waals surface area contributed by atoms with E-state index in [-0.39, 0.29) is 0 Å². The van der Waals surface area contributed by atoms with Crippen molar-refractivity contribution in [2.45, 2.75) is 45.4 Å². The van der Waals surface area contributed by atoms with Gasteiger partial charge < -0.3 is 20.3 Å². The van der Waals surface area contributed by atoms with Gasteiger partial charge in [-0.3, -0.25) is 9.69 Å². The van der Waals surface area contributed by atoms with E-state index in [4.69, 9.17) is 4.74 Å². The van der Waals surface area contributed by atoms with Gasteiger partial charge in [-0.1, -0.05) is 12.1 Å². The van der Waals surface area contributed by atoms with E-state index in [1.807, 2.05) is 24.3 Å². The van der Waals surface area contributed by atoms with Crippen LogP contribution in [0, 0.1) is 3.57 Å². The predicted molar refractivity (Wildman–Crippen MR) is 124 cm³/mol. The molecule has 0 fully saturated rings. The van der Waals surface area contributed by atoms with Crippen LogP contribution in [0.25, 0.3) is 0 Å². The number of carbonyl (C=O) groups excluding carboxylic acids is 1. The molecule has 2 aromatic rings. The Morgan fingerprint density at radius 2 is 1.60 bits per heavy atom. The molecule has 162 valence electrons. The second-order valence-corrected chi connectivity index (χ2v) is 9.36. The van der Waals surface area contributed by atoms with Crippen molar-refractivity contribution in [2.75, 3.05) is 11.9 Å². The van der Waals surface area contributed by atoms with Gasteiger partial charge in [0.1, 0.15) is 17.9 Å². The summed E-state index contributed by atoms with van der Waals surface area (Å²) in [5.41, 5.74) is -1.01. The molecule has 3 N–H and O–H groups in total. The van der Waals surface area contributed by atoms with E-state index in [2.05, 4.69) is 27.9 Å². The van der Waals surface area contributed by atoms with Crippen LogP contribution < -0.4 is 10.1 Å². The lowest BCUT2D eigenvalue weighted by Crippen LogP contribution is -2.65. The van der Waals surface area contributed by atoms with E-state index >= 15 is 0 Å². The number of nitrogens with one attached hydrogen (secondary N) is 1. The summed E-state index contributed by atoms with van der Waals surface area (Å²) >= 11 is 2.24. The van der Waals surface area contributed by atoms with Gasteiger partial charge in [0.2, 0.25) is 0 Å². The predicted octanol–water partition coefficient (Wildman–Crippen LogP) is 4.34. The number of carbonyl (C=O) groups is 2. The Kier molecular flexibility index (Phi) is 7.70. The number of rotatable bonds is 7. The third kappa shape index (κ3) is 5.85. The third-order valence-corrected chi connectivity index (χ3v) is 5.30. The first-order chi connectivity index (χ1) is 14.0. The number of amides is 2. The number of aliphatic hydroxyl groups excluding tert-OH is 1. The van der Waals surface area contributed by atoms with Crippen molar-refractivity contribution in [2.24, 2.45) is 0 Å². The Balaban J connectivity index is 2.08. The molecule has 0 aliphatic carbocycles. The zero-order chi connectivity index (χ0) is 22.5. The van der Waals surface area contributed by atoms with Crippen LogP contribution in [0.4, 0.5) is 10.5 Å². The van der Waals surface area contributed by atoms with Gasteiger partial charge in [0, 0.05) is 14.8 Å². The highest BCUT2D eigenvalue weighted by Crippen LogP contribution is 2.27. The van der Waals surface area contributed by atoms with Gasteiger partial charge in [-0.25, -0.2) is 4.79 Å². The maximum absolute atomic E-state index is 12.9. The van der Waals surface area contributed by atoms with Gasteiger partial charge in [-0.2, -0.15) is 0 Å². The summed E-state index contributed by atoms with van der Waals surface area (Å²) < 4.78 is 6.91. The quantitative estimate of drug-likeness (QED) is 0.467. The molecule has 8 heteroatoms. The average molecular weight is 526 g/mol. The zero-order valence-electron chi connectivity index (χ0n) is 17.5. The van der Waals surface area contributed by atoms with Crippen LogP contribution in [0.3, 0.4) is 0 Å². The molecular weight excluding hydrogens is 499 g/mol. The Hall–Kier alpha value is -2.33. The smallest absolute Gasteiger partial charge is 0.408 e. The van der Waals surface area contributed by atoms with Crippen LogP contribution in [0.15, 0.2) is 48.5 Å². The fourth-order valence-electron chi connectivity index (χ4n) is 3.13. The van der Waals surface area contributed by atoms with Gasteiger partial charge in [0.05, 0.1) is 6.61 Å². The number of carboxylic acid groups (broad SMARTS) is 1. The Morgan fingerprint density at radius 3 is 2.07 bits per heavy atom. The molecule has 2 rings (SSSR count). The summed E-state index contributed by atoms with van der Waals surface area (Å²) in [7, 11) is 0. The molecule has 0 radical (unpaired) electrons. The van der Waals surface area contributed by atoms with Crippen LogP contribution in [-0.2, 0) is 11.4 Å². The van der Waals surface area contributed by atoms with Crippen LogP contribution >= 0.6 is 22.6 Å². The van der Waals surface area contributed by atoms with Gasteiger partial charge in [-0.05, 0) is 92.2 Å². The van der Waals surface area contributed by atoms with Crippen LogP contribution in [-0.4, -0.2) is 44.8 Å². The van der Waals surface area contributed by atoms with E-state index in [1.54, 1.807) is 45.0 Å². The van der Waals surface area contributed by atoms with Gasteiger partial charge in [0.15, 0.2) is 0 Å². The fourth-order valence-corrected chi connectivity index (χ4v) is 3.49. The normalized spacial score (nSPS) is 13.3. The van der Waals surface area contributed by atoms with Gasteiger partial charge in [0.25, 0.3) is 5.91 Å². The van der Waals surface area contributed by atoms with Crippen LogP contribution in [0.5, 0.6) is 5.75 Å². The maximum atomic E-state index is 12.9. The molecule has 0 aliphatic heterocycles. The second kappa shape index (κ2) is 9.65. The van der Waals surface area contributed by atoms with E-state index < -0.39 is 29.7 Å². The van der Waals surface area contributed by atoms with Crippen molar-refractivity contribution in [1.82, 2.24) is 4.90 Å². The SMILES string of the molecule is CC(C)(C)N(C(=O)O)[C@@](C)(CO)C(=O)Nc1ccc(OCc2ccc(I)cc2)cc1. The van der Waals surface area contributed by atoms with Crippen LogP contribution in [0.1, 0.15) is 33.3 Å². The minimum Gasteiger partial charge on any atom is -0.489 e. The molecule has 2 aromatic carbocycles. The molecule has 2 amide bonds. The first-order valence-corrected chi connectivity index (χ1v) is 10.5. The number of halogens is 1. The summed E-state index contributed by atoms with van der Waals surface area (Å²) in [5, 5.41) is 22.2. The van der Waals surface area contributed by atoms with Crippen molar-refractivity contribution in [3.05, 3.63) is 57.7 Å². The lowest BCUT2D eigenvalue weighted by molar-refractivity contribution is -0.132. The lowest BCUT2D eigenvalue weighted by atomic mass is 9.93. The Bertz CT molecular complexity index is 878. The third-order valence-electron chi connectivity index (χ3n) is 4.58. The number of aliphatic hydroxyl groups is 1. The molecule has 0 aliphatic rings. The lowest BCUT2D eigenvalue weighted by Gasteiger charge is -2.44. The molecule has 0 saturated heterocycles. The largest absolute Gasteiger partial charge is 0.489 e. The first kappa shape index (κ1) is 23.9. The standard InChI is InChI=1S/C22H27IN2O5/c1-21(2,3)25(20(28)29)22(4,14-26)19(27)24-17-9-11-18(12-10-17)30-13-15-5-7-16(23)8-6-15/h5-12,26H,13-14H2,1-4H3,(H,24,27)(H,28,29)/t22-/m0/s1. The maximum Gasteiger partial charge on any atom is 0.408 e. The van der Waals surface area contributed by atoms with E-state index in [0.29, 0.717) is 18.0 Å². The molecule has 1 atom stereocenters. The summed E-state index contributed by atoms with van der Waals surface area (Å²) in [6.45, 7) is 6.18. The summed E-state index contributed by atoms with van der Waals surface area (Å²) in [6.07, 6.45) is -1.28. The Labute approximate surface area is 190 Å². The molecule has 0 heterocycles. The van der Waals surface area contributed by atoms with Crippen molar-refractivity contribution >= 4 is 40.3 Å². The molecule has 0 unspecified atom stereocenters. The minimum absolute atomic E-state index is 0.421. The van der Waals surface area contributed by atoms with Crippen molar-refractivity contribution in [3.63, 3.8) is 0 Å². The summed E-state index contributed by atoms with van der Waals surface area (Å²) in [6, 6.07) is 14.8. The molecule has 0 aromatic heterocycles. The monoisotopic (exact) mass is 526 g/mol. The minimum atomic E-state index is -1.65. The van der Waals surface area contributed by atoms with Crippen LogP contribution in [0.2, 0.25) is 0 Å². The number of ether oxygens (including phenoxy) is 1. The summed E-state index contributed by atoms with van der Waals surface area (Å²) in [4.78, 5) is 25.6. The van der Waals surface area contributed by atoms with Crippen molar-refractivity contribution < 1.29 is 24.5 Å². The van der Waals surface area contributed by atoms with Crippen molar-refractivity contribution in [1.29, 1.82) is 0 Å². The van der Waals surface area contributed by atoms with E-state index in [0.717, 1.165) is 14.0 Å². The summed E-state index contributed by atoms with van der Waals surface area (Å²) in [5.74, 6) is 0.0215. The molecular formula is C22H27IN2O5. The number of hydrogen-bond acceptors (Lipinski definition) is 4. The number of hydrogen-bond donors (Lipinski definition) is 3. The molecule has 30 heavy (non-hydrogen) atoms. The van der Waals surface area contributed by atoms with Gasteiger partial charge >= 0.3 is 6.09 Å². The molecule has 0 saturated carbocycles. The highest BCUT2D eigenvalue weighted by molar-refractivity contribution is 14.1. The molecule has 0 bridgehead atoms. The van der Waals surface area contributed by atoms with E-state index in [9.17, 15) is 19.8 Å². The van der Waals surface area contributed by atoms with Crippen molar-refractivity contribution in [3.8, 4) is 5.75 Å². The average Bonchev–Trinajstić information content (AvgIpc) is 2.67. The van der Waals surface area contributed by atoms with Gasteiger partial charge in [-0.15, -0.1) is 0 Å². The number of anilines is 1. The number of benzene rings is 2. The van der Waals surface area contributed by atoms with E-state index in [1.165, 1.54) is 6.92 Å². The topological polar surface area (TPSA) is 99.1 Å². The first-order valence-electron chi connectivity index (χ1n) is 9.40.